The van der Waals surface area contributed by atoms with E-state index in [1.165, 1.54) is 6.07 Å². The van der Waals surface area contributed by atoms with Gasteiger partial charge in [0.1, 0.15) is 11.3 Å². The number of nitrogens with one attached hydrogen (secondary N) is 3. The van der Waals surface area contributed by atoms with Crippen molar-refractivity contribution in [3.63, 3.8) is 0 Å². The second-order valence-electron chi connectivity index (χ2n) is 6.89. The van der Waals surface area contributed by atoms with Crippen molar-refractivity contribution in [1.82, 2.24) is 9.97 Å². The number of amidine groups is 1. The Balaban J connectivity index is 1.70. The summed E-state index contributed by atoms with van der Waals surface area (Å²) in [6.07, 6.45) is 1.76. The van der Waals surface area contributed by atoms with Gasteiger partial charge >= 0.3 is 0 Å². The second-order valence-corrected chi connectivity index (χ2v) is 6.89. The van der Waals surface area contributed by atoms with Gasteiger partial charge in [-0.2, -0.15) is 0 Å². The average molecular weight is 386 g/mol. The summed E-state index contributed by atoms with van der Waals surface area (Å²) < 4.78 is 13.5. The third kappa shape index (κ3) is 3.52. The van der Waals surface area contributed by atoms with E-state index in [0.29, 0.717) is 33.2 Å². The normalized spacial score (nSPS) is 11.8. The molecule has 0 fully saturated rings. The zero-order valence-electron chi connectivity index (χ0n) is 16.0. The number of fused-ring (bicyclic) bond motifs is 1. The maximum atomic E-state index is 13.5. The third-order valence-electron chi connectivity index (χ3n) is 4.90. The topological polar surface area (TPSA) is 84.9 Å². The Morgan fingerprint density at radius 3 is 2.52 bits per heavy atom. The van der Waals surface area contributed by atoms with Crippen LogP contribution in [-0.2, 0) is 0 Å². The van der Waals surface area contributed by atoms with E-state index in [1.807, 2.05) is 18.2 Å². The van der Waals surface area contributed by atoms with Gasteiger partial charge in [0.2, 0.25) is 0 Å². The number of pyridine rings is 2. The standard InChI is InChI=1S/C23H19FN4O/c1-13-11-15(7-9-18(13)24)16-8-10-20(26-12-16)28-23(25)21-14(2)22(29)17-5-3-4-6-19(17)27-21/h3-12H,1-2H3,(H,27,29)(H2,25,26,28). The molecule has 0 aliphatic heterocycles. The molecule has 6 heteroatoms. The van der Waals surface area contributed by atoms with E-state index >= 15 is 0 Å². The Morgan fingerprint density at radius 1 is 1.03 bits per heavy atom. The monoisotopic (exact) mass is 386 g/mol. The van der Waals surface area contributed by atoms with E-state index in [2.05, 4.69) is 15.0 Å². The van der Waals surface area contributed by atoms with Gasteiger partial charge in [0.15, 0.2) is 11.3 Å². The lowest BCUT2D eigenvalue weighted by atomic mass is 10.1. The van der Waals surface area contributed by atoms with Gasteiger partial charge in [0.05, 0.1) is 5.69 Å². The molecule has 0 aliphatic rings. The first-order chi connectivity index (χ1) is 13.9. The minimum absolute atomic E-state index is 0.0352. The minimum atomic E-state index is -0.238. The van der Waals surface area contributed by atoms with Crippen molar-refractivity contribution in [1.29, 1.82) is 5.41 Å². The first-order valence-corrected chi connectivity index (χ1v) is 9.14. The molecular formula is C23H19FN4O. The van der Waals surface area contributed by atoms with Crippen LogP contribution in [0, 0.1) is 25.1 Å². The zero-order valence-corrected chi connectivity index (χ0v) is 16.0. The number of halogens is 1. The molecule has 0 atom stereocenters. The average Bonchev–Trinajstić information content (AvgIpc) is 2.73. The number of rotatable bonds is 2. The van der Waals surface area contributed by atoms with E-state index < -0.39 is 0 Å². The quantitative estimate of drug-likeness (QED) is 0.350. The van der Waals surface area contributed by atoms with Crippen LogP contribution in [0.15, 0.2) is 70.6 Å². The highest BCUT2D eigenvalue weighted by Crippen LogP contribution is 2.20. The summed E-state index contributed by atoms with van der Waals surface area (Å²) in [4.78, 5) is 23.1. The van der Waals surface area contributed by atoms with Crippen molar-refractivity contribution < 1.29 is 4.39 Å². The Bertz CT molecular complexity index is 1360. The number of aryl methyl sites for hydroxylation is 1. The molecule has 4 aromatic rings. The molecule has 3 N–H and O–H groups in total. The molecule has 144 valence electrons. The van der Waals surface area contributed by atoms with Gasteiger partial charge in [-0.05, 0) is 66.9 Å². The van der Waals surface area contributed by atoms with Crippen molar-refractivity contribution in [2.45, 2.75) is 13.8 Å². The molecular weight excluding hydrogens is 367 g/mol. The molecule has 0 radical (unpaired) electrons. The molecule has 0 saturated carbocycles. The number of hydrogen-bond acceptors (Lipinski definition) is 2. The number of aromatic nitrogens is 2. The fourth-order valence-corrected chi connectivity index (χ4v) is 3.24. The summed E-state index contributed by atoms with van der Waals surface area (Å²) in [6, 6.07) is 15.7. The van der Waals surface area contributed by atoms with Gasteiger partial charge in [-0.25, -0.2) is 9.38 Å². The van der Waals surface area contributed by atoms with Crippen LogP contribution in [0.25, 0.3) is 22.0 Å². The van der Waals surface area contributed by atoms with Gasteiger partial charge in [-0.1, -0.05) is 18.2 Å². The van der Waals surface area contributed by atoms with E-state index in [9.17, 15) is 9.18 Å². The van der Waals surface area contributed by atoms with Crippen LogP contribution >= 0.6 is 0 Å². The van der Waals surface area contributed by atoms with Crippen LogP contribution < -0.4 is 10.9 Å². The van der Waals surface area contributed by atoms with E-state index in [4.69, 9.17) is 5.41 Å². The molecule has 4 rings (SSSR count). The van der Waals surface area contributed by atoms with Crippen LogP contribution in [0.1, 0.15) is 16.8 Å². The van der Waals surface area contributed by atoms with E-state index in [0.717, 1.165) is 11.1 Å². The maximum absolute atomic E-state index is 13.5. The van der Waals surface area contributed by atoms with Crippen molar-refractivity contribution in [2.24, 2.45) is 4.99 Å². The lowest BCUT2D eigenvalue weighted by Gasteiger charge is -2.07. The number of aromatic amines is 2. The Labute approximate surface area is 166 Å². The summed E-state index contributed by atoms with van der Waals surface area (Å²) in [5.74, 6) is -0.274. The summed E-state index contributed by atoms with van der Waals surface area (Å²) >= 11 is 0. The van der Waals surface area contributed by atoms with Crippen LogP contribution in [0.5, 0.6) is 0 Å². The number of hydrogen-bond donors (Lipinski definition) is 3. The predicted octanol–water partition coefficient (Wildman–Crippen LogP) is 4.21. The zero-order chi connectivity index (χ0) is 20.5. The fourth-order valence-electron chi connectivity index (χ4n) is 3.24. The van der Waals surface area contributed by atoms with E-state index in [-0.39, 0.29) is 17.1 Å². The van der Waals surface area contributed by atoms with Crippen LogP contribution in [0.4, 0.5) is 4.39 Å². The first kappa shape index (κ1) is 18.6. The highest BCUT2D eigenvalue weighted by Gasteiger charge is 2.11. The highest BCUT2D eigenvalue weighted by molar-refractivity contribution is 5.98. The Kier molecular flexibility index (Phi) is 4.68. The lowest BCUT2D eigenvalue weighted by molar-refractivity contribution is 0.619. The molecule has 0 saturated heterocycles. The van der Waals surface area contributed by atoms with Crippen molar-refractivity contribution in [2.75, 3.05) is 0 Å². The largest absolute Gasteiger partial charge is 0.352 e. The Morgan fingerprint density at radius 2 is 1.79 bits per heavy atom. The summed E-state index contributed by atoms with van der Waals surface area (Å²) in [6.45, 7) is 3.41. The molecule has 5 nitrogen and oxygen atoms in total. The predicted molar refractivity (Wildman–Crippen MR) is 113 cm³/mol. The SMILES string of the molecule is Cc1cc(-c2cc/c(=N/C(=N)c3[nH]c4ccccc4c(=O)c3C)[nH]c2)ccc1F. The van der Waals surface area contributed by atoms with Gasteiger partial charge in [-0.15, -0.1) is 0 Å². The van der Waals surface area contributed by atoms with Crippen LogP contribution in [-0.4, -0.2) is 15.8 Å². The maximum Gasteiger partial charge on any atom is 0.193 e. The molecule has 2 aromatic heterocycles. The molecule has 0 aliphatic carbocycles. The van der Waals surface area contributed by atoms with Crippen molar-refractivity contribution in [3.05, 3.63) is 99.1 Å². The molecule has 0 unspecified atom stereocenters. The summed E-state index contributed by atoms with van der Waals surface area (Å²) in [7, 11) is 0. The van der Waals surface area contributed by atoms with Gasteiger partial charge in [0.25, 0.3) is 0 Å². The second kappa shape index (κ2) is 7.31. The van der Waals surface area contributed by atoms with Crippen LogP contribution in [0.3, 0.4) is 0 Å². The van der Waals surface area contributed by atoms with Gasteiger partial charge in [0, 0.05) is 22.7 Å². The van der Waals surface area contributed by atoms with Crippen molar-refractivity contribution >= 4 is 16.7 Å². The molecule has 0 spiro atoms. The molecule has 0 bridgehead atoms. The van der Waals surface area contributed by atoms with Gasteiger partial charge in [-0.3, -0.25) is 10.2 Å². The highest BCUT2D eigenvalue weighted by atomic mass is 19.1. The number of H-pyrrole nitrogens is 2. The summed E-state index contributed by atoms with van der Waals surface area (Å²) in [5, 5.41) is 8.94. The molecule has 2 heterocycles. The summed E-state index contributed by atoms with van der Waals surface area (Å²) in [5.41, 5.74) is 4.23. The van der Waals surface area contributed by atoms with E-state index in [1.54, 1.807) is 50.4 Å². The van der Waals surface area contributed by atoms with Crippen LogP contribution in [0.2, 0.25) is 0 Å². The molecule has 0 amide bonds. The first-order valence-electron chi connectivity index (χ1n) is 9.14. The van der Waals surface area contributed by atoms with Gasteiger partial charge < -0.3 is 9.97 Å². The smallest absolute Gasteiger partial charge is 0.193 e. The lowest BCUT2D eigenvalue weighted by Crippen LogP contribution is -2.17. The molecule has 29 heavy (non-hydrogen) atoms. The third-order valence-corrected chi connectivity index (χ3v) is 4.90. The Hall–Kier alpha value is -3.80. The number of benzene rings is 2. The fraction of sp³-hybridized carbons (Fsp3) is 0.0870. The molecule has 2 aromatic carbocycles. The number of nitrogens with zero attached hydrogens (tertiary/aromatic N) is 1. The minimum Gasteiger partial charge on any atom is -0.352 e. The van der Waals surface area contributed by atoms with Crippen molar-refractivity contribution in [3.8, 4) is 11.1 Å². The number of para-hydroxylation sites is 1.